The number of hydrogen-bond acceptors (Lipinski definition) is 3. The zero-order chi connectivity index (χ0) is 16.5. The predicted octanol–water partition coefficient (Wildman–Crippen LogP) is 3.49. The van der Waals surface area contributed by atoms with Crippen molar-refractivity contribution in [3.05, 3.63) is 81.9 Å². The van der Waals surface area contributed by atoms with Crippen molar-refractivity contribution >= 4 is 22.5 Å². The van der Waals surface area contributed by atoms with E-state index < -0.39 is 0 Å². The van der Waals surface area contributed by atoms with E-state index >= 15 is 0 Å². The van der Waals surface area contributed by atoms with E-state index in [0.29, 0.717) is 11.4 Å². The average Bonchev–Trinajstić information content (AvgIpc) is 2.97. The minimum absolute atomic E-state index is 0.151. The van der Waals surface area contributed by atoms with Crippen LogP contribution >= 0.6 is 11.6 Å². The number of rotatable bonds is 3. The van der Waals surface area contributed by atoms with Crippen molar-refractivity contribution in [3.63, 3.8) is 0 Å². The molecule has 5 nitrogen and oxygen atoms in total. The number of halogens is 1. The van der Waals surface area contributed by atoms with Gasteiger partial charge in [0.05, 0.1) is 6.54 Å². The first-order valence-corrected chi connectivity index (χ1v) is 7.85. The molecule has 0 bridgehead atoms. The molecule has 0 aliphatic heterocycles. The lowest BCUT2D eigenvalue weighted by Gasteiger charge is -2.04. The monoisotopic (exact) mass is 336 g/mol. The second-order valence-corrected chi connectivity index (χ2v) is 5.78. The molecule has 0 aliphatic carbocycles. The van der Waals surface area contributed by atoms with E-state index in [1.165, 1.54) is 4.68 Å². The van der Waals surface area contributed by atoms with Gasteiger partial charge in [0, 0.05) is 16.6 Å². The highest BCUT2D eigenvalue weighted by Gasteiger charge is 2.12. The third-order valence-corrected chi connectivity index (χ3v) is 4.09. The Morgan fingerprint density at radius 3 is 2.62 bits per heavy atom. The maximum Gasteiger partial charge on any atom is 0.253 e. The molecule has 0 amide bonds. The third-order valence-electron chi connectivity index (χ3n) is 3.81. The molecule has 0 saturated carbocycles. The number of hydrogen-bond donors (Lipinski definition) is 1. The minimum Gasteiger partial charge on any atom is -0.322 e. The maximum absolute atomic E-state index is 12.3. The quantitative estimate of drug-likeness (QED) is 0.623. The molecule has 0 atom stereocenters. The number of nitrogens with one attached hydrogen (secondary N) is 1. The number of para-hydroxylation sites is 1. The Balaban J connectivity index is 1.72. The van der Waals surface area contributed by atoms with E-state index in [4.69, 9.17) is 11.6 Å². The molecule has 0 unspecified atom stereocenters. The Labute approximate surface area is 142 Å². The highest BCUT2D eigenvalue weighted by Crippen LogP contribution is 2.18. The Morgan fingerprint density at radius 2 is 1.79 bits per heavy atom. The molecule has 0 spiro atoms. The molecule has 0 aliphatic rings. The highest BCUT2D eigenvalue weighted by atomic mass is 35.5. The smallest absolute Gasteiger partial charge is 0.253 e. The van der Waals surface area contributed by atoms with Gasteiger partial charge in [-0.25, -0.2) is 4.68 Å². The predicted molar refractivity (Wildman–Crippen MR) is 94.1 cm³/mol. The summed E-state index contributed by atoms with van der Waals surface area (Å²) in [6, 6.07) is 19.1. The first kappa shape index (κ1) is 14.7. The van der Waals surface area contributed by atoms with Crippen molar-refractivity contribution in [2.24, 2.45) is 0 Å². The van der Waals surface area contributed by atoms with Crippen LogP contribution in [0.25, 0.3) is 22.3 Å². The molecule has 6 heteroatoms. The van der Waals surface area contributed by atoms with Gasteiger partial charge in [0.25, 0.3) is 5.56 Å². The second-order valence-electron chi connectivity index (χ2n) is 5.44. The van der Waals surface area contributed by atoms with E-state index in [1.54, 1.807) is 0 Å². The number of benzene rings is 2. The van der Waals surface area contributed by atoms with Crippen molar-refractivity contribution in [1.82, 2.24) is 19.7 Å². The van der Waals surface area contributed by atoms with Crippen LogP contribution in [0.1, 0.15) is 5.56 Å². The Kier molecular flexibility index (Phi) is 3.63. The summed E-state index contributed by atoms with van der Waals surface area (Å²) in [4.78, 5) is 19.4. The van der Waals surface area contributed by atoms with Crippen LogP contribution in [0.3, 0.4) is 0 Å². The first-order chi connectivity index (χ1) is 11.7. The van der Waals surface area contributed by atoms with Gasteiger partial charge in [0.15, 0.2) is 5.82 Å². The van der Waals surface area contributed by atoms with E-state index in [2.05, 4.69) is 15.1 Å². The van der Waals surface area contributed by atoms with E-state index in [0.717, 1.165) is 16.5 Å². The normalized spacial score (nSPS) is 11.0. The lowest BCUT2D eigenvalue weighted by Crippen LogP contribution is -2.16. The van der Waals surface area contributed by atoms with Crippen LogP contribution in [0.5, 0.6) is 0 Å². The lowest BCUT2D eigenvalue weighted by atomic mass is 10.1. The number of H-pyrrole nitrogens is 1. The van der Waals surface area contributed by atoms with Crippen molar-refractivity contribution in [3.8, 4) is 11.4 Å². The summed E-state index contributed by atoms with van der Waals surface area (Å²) in [6.07, 6.45) is 0. The van der Waals surface area contributed by atoms with Crippen LogP contribution in [-0.2, 0) is 6.54 Å². The van der Waals surface area contributed by atoms with Crippen LogP contribution in [0, 0.1) is 0 Å². The van der Waals surface area contributed by atoms with Crippen molar-refractivity contribution < 1.29 is 0 Å². The molecule has 0 fully saturated rings. The molecular weight excluding hydrogens is 324 g/mol. The standard InChI is InChI=1S/C18H13ClN4O/c19-18-21-16(12-6-2-1-3-7-12)22-23(18)11-14-10-13-8-4-5-9-15(13)20-17(14)24/h1-10H,11H2,(H,20,24). The summed E-state index contributed by atoms with van der Waals surface area (Å²) in [5.74, 6) is 0.540. The third kappa shape index (κ3) is 2.70. The number of aromatic nitrogens is 4. The topological polar surface area (TPSA) is 63.6 Å². The lowest BCUT2D eigenvalue weighted by molar-refractivity contribution is 0.683. The summed E-state index contributed by atoms with van der Waals surface area (Å²) in [5.41, 5.74) is 2.12. The molecule has 2 heterocycles. The van der Waals surface area contributed by atoms with Gasteiger partial charge in [0.2, 0.25) is 5.28 Å². The van der Waals surface area contributed by atoms with Crippen LogP contribution in [0.15, 0.2) is 65.5 Å². The number of aromatic amines is 1. The molecule has 24 heavy (non-hydrogen) atoms. The van der Waals surface area contributed by atoms with Crippen LogP contribution in [0.2, 0.25) is 5.28 Å². The van der Waals surface area contributed by atoms with E-state index in [1.807, 2.05) is 60.7 Å². The number of pyridine rings is 1. The van der Waals surface area contributed by atoms with Gasteiger partial charge in [-0.2, -0.15) is 4.98 Å². The Bertz CT molecular complexity index is 1070. The molecule has 2 aromatic heterocycles. The molecular formula is C18H13ClN4O. The second kappa shape index (κ2) is 5.94. The molecule has 4 rings (SSSR count). The zero-order valence-electron chi connectivity index (χ0n) is 12.6. The summed E-state index contributed by atoms with van der Waals surface area (Å²) >= 11 is 6.19. The molecule has 0 saturated heterocycles. The molecule has 1 N–H and O–H groups in total. The highest BCUT2D eigenvalue weighted by molar-refractivity contribution is 6.28. The Hall–Kier alpha value is -2.92. The van der Waals surface area contributed by atoms with Crippen molar-refractivity contribution in [2.75, 3.05) is 0 Å². The van der Waals surface area contributed by atoms with Gasteiger partial charge in [-0.1, -0.05) is 48.5 Å². The van der Waals surface area contributed by atoms with Crippen molar-refractivity contribution in [2.45, 2.75) is 6.54 Å². The number of nitrogens with zero attached hydrogens (tertiary/aromatic N) is 3. The molecule has 2 aromatic carbocycles. The Morgan fingerprint density at radius 1 is 1.04 bits per heavy atom. The van der Waals surface area contributed by atoms with Gasteiger partial charge in [-0.15, -0.1) is 5.10 Å². The molecule has 4 aromatic rings. The van der Waals surface area contributed by atoms with Gasteiger partial charge < -0.3 is 4.98 Å². The van der Waals surface area contributed by atoms with Gasteiger partial charge in [0.1, 0.15) is 0 Å². The largest absolute Gasteiger partial charge is 0.322 e. The fourth-order valence-electron chi connectivity index (χ4n) is 2.60. The summed E-state index contributed by atoms with van der Waals surface area (Å²) in [7, 11) is 0. The van der Waals surface area contributed by atoms with E-state index in [9.17, 15) is 4.79 Å². The van der Waals surface area contributed by atoms with Crippen molar-refractivity contribution in [1.29, 1.82) is 0 Å². The van der Waals surface area contributed by atoms with Crippen LogP contribution in [0.4, 0.5) is 0 Å². The van der Waals surface area contributed by atoms with E-state index in [-0.39, 0.29) is 17.4 Å². The first-order valence-electron chi connectivity index (χ1n) is 7.47. The summed E-state index contributed by atoms with van der Waals surface area (Å²) in [5, 5.41) is 5.63. The minimum atomic E-state index is -0.151. The summed E-state index contributed by atoms with van der Waals surface area (Å²) in [6.45, 7) is 0.263. The van der Waals surface area contributed by atoms with Gasteiger partial charge in [-0.3, -0.25) is 4.79 Å². The SMILES string of the molecule is O=c1[nH]c2ccccc2cc1Cn1nc(-c2ccccc2)nc1Cl. The van der Waals surface area contributed by atoms with Crippen LogP contribution < -0.4 is 5.56 Å². The van der Waals surface area contributed by atoms with Crippen LogP contribution in [-0.4, -0.2) is 19.7 Å². The molecule has 118 valence electrons. The zero-order valence-corrected chi connectivity index (χ0v) is 13.4. The average molecular weight is 337 g/mol. The van der Waals surface area contributed by atoms with Gasteiger partial charge in [-0.05, 0) is 29.1 Å². The summed E-state index contributed by atoms with van der Waals surface area (Å²) < 4.78 is 1.53. The molecule has 0 radical (unpaired) electrons. The fourth-order valence-corrected chi connectivity index (χ4v) is 2.78. The van der Waals surface area contributed by atoms with Gasteiger partial charge >= 0.3 is 0 Å². The maximum atomic E-state index is 12.3. The number of fused-ring (bicyclic) bond motifs is 1. The fraction of sp³-hybridized carbons (Fsp3) is 0.0556.